The highest BCUT2D eigenvalue weighted by atomic mass is 16.3. The number of hydrazone groups is 1. The molecular formula is C11H14N2O. The van der Waals surface area contributed by atoms with Crippen LogP contribution in [0.1, 0.15) is 37.5 Å². The molecule has 0 spiro atoms. The Balaban J connectivity index is 1.85. The van der Waals surface area contributed by atoms with E-state index in [1.54, 1.807) is 6.26 Å². The molecule has 1 N–H and O–H groups in total. The van der Waals surface area contributed by atoms with E-state index in [0.717, 1.165) is 12.2 Å². The minimum absolute atomic E-state index is 0.292. The van der Waals surface area contributed by atoms with Crippen molar-refractivity contribution in [2.45, 2.75) is 31.7 Å². The molecule has 1 aromatic heterocycles. The van der Waals surface area contributed by atoms with E-state index in [4.69, 9.17) is 4.42 Å². The van der Waals surface area contributed by atoms with Crippen LogP contribution < -0.4 is 5.43 Å². The number of nitrogens with one attached hydrogen (secondary N) is 1. The number of furan rings is 1. The molecule has 0 aromatic carbocycles. The SMILES string of the molecule is c1coc(C2NN=C3CCCCC32)c1. The summed E-state index contributed by atoms with van der Waals surface area (Å²) in [4.78, 5) is 0. The van der Waals surface area contributed by atoms with Crippen LogP contribution in [0.3, 0.4) is 0 Å². The van der Waals surface area contributed by atoms with E-state index in [1.165, 1.54) is 25.0 Å². The maximum Gasteiger partial charge on any atom is 0.128 e. The Bertz CT molecular complexity index is 342. The molecule has 2 aliphatic rings. The van der Waals surface area contributed by atoms with E-state index in [2.05, 4.69) is 10.5 Å². The molecule has 0 bridgehead atoms. The van der Waals surface area contributed by atoms with E-state index in [-0.39, 0.29) is 0 Å². The largest absolute Gasteiger partial charge is 0.467 e. The Morgan fingerprint density at radius 3 is 3.29 bits per heavy atom. The summed E-state index contributed by atoms with van der Waals surface area (Å²) in [7, 11) is 0. The monoisotopic (exact) mass is 190 g/mol. The molecule has 74 valence electrons. The molecule has 2 unspecified atom stereocenters. The van der Waals surface area contributed by atoms with E-state index in [9.17, 15) is 0 Å². The van der Waals surface area contributed by atoms with Crippen molar-refractivity contribution < 1.29 is 4.42 Å². The van der Waals surface area contributed by atoms with Crippen molar-refractivity contribution in [3.05, 3.63) is 24.2 Å². The average Bonchev–Trinajstić information content (AvgIpc) is 2.85. The summed E-state index contributed by atoms with van der Waals surface area (Å²) in [6.07, 6.45) is 6.76. The maximum atomic E-state index is 5.43. The van der Waals surface area contributed by atoms with Gasteiger partial charge in [0.1, 0.15) is 11.8 Å². The van der Waals surface area contributed by atoms with Crippen LogP contribution in [0.15, 0.2) is 27.9 Å². The third-order valence-corrected chi connectivity index (χ3v) is 3.23. The molecule has 2 atom stereocenters. The van der Waals surface area contributed by atoms with Gasteiger partial charge in [-0.2, -0.15) is 5.10 Å². The van der Waals surface area contributed by atoms with Gasteiger partial charge in [-0.1, -0.05) is 6.42 Å². The second kappa shape index (κ2) is 3.15. The van der Waals surface area contributed by atoms with Gasteiger partial charge in [-0.15, -0.1) is 0 Å². The van der Waals surface area contributed by atoms with Gasteiger partial charge in [0.15, 0.2) is 0 Å². The highest BCUT2D eigenvalue weighted by Crippen LogP contribution is 2.36. The van der Waals surface area contributed by atoms with Gasteiger partial charge in [-0.3, -0.25) is 5.43 Å². The molecular weight excluding hydrogens is 176 g/mol. The van der Waals surface area contributed by atoms with Crippen LogP contribution in [0, 0.1) is 5.92 Å². The number of hydrogen-bond donors (Lipinski definition) is 1. The van der Waals surface area contributed by atoms with Crippen LogP contribution in [0.4, 0.5) is 0 Å². The van der Waals surface area contributed by atoms with Crippen molar-refractivity contribution in [1.29, 1.82) is 0 Å². The molecule has 3 heteroatoms. The molecule has 0 radical (unpaired) electrons. The molecule has 0 saturated heterocycles. The predicted octanol–water partition coefficient (Wildman–Crippen LogP) is 2.47. The van der Waals surface area contributed by atoms with E-state index in [0.29, 0.717) is 12.0 Å². The predicted molar refractivity (Wildman–Crippen MR) is 54.0 cm³/mol. The normalized spacial score (nSPS) is 30.7. The van der Waals surface area contributed by atoms with Gasteiger partial charge >= 0.3 is 0 Å². The van der Waals surface area contributed by atoms with Crippen molar-refractivity contribution in [1.82, 2.24) is 5.43 Å². The zero-order valence-electron chi connectivity index (χ0n) is 8.07. The van der Waals surface area contributed by atoms with Crippen LogP contribution in [-0.2, 0) is 0 Å². The second-order valence-electron chi connectivity index (χ2n) is 4.08. The molecule has 1 saturated carbocycles. The first-order valence-electron chi connectivity index (χ1n) is 5.30. The summed E-state index contributed by atoms with van der Waals surface area (Å²) in [6.45, 7) is 0. The van der Waals surface area contributed by atoms with E-state index in [1.807, 2.05) is 12.1 Å². The van der Waals surface area contributed by atoms with Crippen LogP contribution in [0.25, 0.3) is 0 Å². The summed E-state index contributed by atoms with van der Waals surface area (Å²) in [5.74, 6) is 1.60. The molecule has 3 nitrogen and oxygen atoms in total. The summed E-state index contributed by atoms with van der Waals surface area (Å²) in [5.41, 5.74) is 4.54. The van der Waals surface area contributed by atoms with Crippen molar-refractivity contribution >= 4 is 5.71 Å². The summed E-state index contributed by atoms with van der Waals surface area (Å²) in [6, 6.07) is 4.27. The van der Waals surface area contributed by atoms with Gasteiger partial charge in [0, 0.05) is 11.6 Å². The molecule has 1 aliphatic carbocycles. The lowest BCUT2D eigenvalue weighted by atomic mass is 9.82. The first-order valence-corrected chi connectivity index (χ1v) is 5.30. The quantitative estimate of drug-likeness (QED) is 0.738. The van der Waals surface area contributed by atoms with E-state index < -0.39 is 0 Å². The van der Waals surface area contributed by atoms with Crippen molar-refractivity contribution in [3.8, 4) is 0 Å². The third kappa shape index (κ3) is 1.15. The zero-order chi connectivity index (χ0) is 9.38. The summed E-state index contributed by atoms with van der Waals surface area (Å²) < 4.78 is 5.43. The van der Waals surface area contributed by atoms with E-state index >= 15 is 0 Å². The fraction of sp³-hybridized carbons (Fsp3) is 0.545. The minimum Gasteiger partial charge on any atom is -0.467 e. The fourth-order valence-electron chi connectivity index (χ4n) is 2.49. The lowest BCUT2D eigenvalue weighted by Crippen LogP contribution is -2.23. The van der Waals surface area contributed by atoms with Crippen LogP contribution >= 0.6 is 0 Å². The van der Waals surface area contributed by atoms with Crippen LogP contribution in [-0.4, -0.2) is 5.71 Å². The Morgan fingerprint density at radius 1 is 1.43 bits per heavy atom. The highest BCUT2D eigenvalue weighted by Gasteiger charge is 2.35. The number of hydrogen-bond acceptors (Lipinski definition) is 3. The van der Waals surface area contributed by atoms with Gasteiger partial charge in [0.25, 0.3) is 0 Å². The van der Waals surface area contributed by atoms with Crippen molar-refractivity contribution in [2.75, 3.05) is 0 Å². The summed E-state index contributed by atoms with van der Waals surface area (Å²) in [5, 5.41) is 4.40. The van der Waals surface area contributed by atoms with Gasteiger partial charge in [0.05, 0.1) is 6.26 Å². The standard InChI is InChI=1S/C11H14N2O/c1-2-5-9-8(4-1)11(13-12-9)10-6-3-7-14-10/h3,6-8,11,13H,1-2,4-5H2. The Labute approximate surface area is 83.2 Å². The fourth-order valence-corrected chi connectivity index (χ4v) is 2.49. The van der Waals surface area contributed by atoms with Gasteiger partial charge in [0.2, 0.25) is 0 Å². The third-order valence-electron chi connectivity index (χ3n) is 3.23. The first-order chi connectivity index (χ1) is 6.95. The minimum atomic E-state index is 0.292. The number of fused-ring (bicyclic) bond motifs is 1. The molecule has 3 rings (SSSR count). The van der Waals surface area contributed by atoms with Gasteiger partial charge in [-0.25, -0.2) is 0 Å². The van der Waals surface area contributed by atoms with Gasteiger partial charge in [-0.05, 0) is 31.4 Å². The molecule has 2 heterocycles. The first kappa shape index (κ1) is 8.09. The maximum absolute atomic E-state index is 5.43. The topological polar surface area (TPSA) is 37.5 Å². The summed E-state index contributed by atoms with van der Waals surface area (Å²) >= 11 is 0. The number of rotatable bonds is 1. The molecule has 0 amide bonds. The zero-order valence-corrected chi connectivity index (χ0v) is 8.07. The average molecular weight is 190 g/mol. The van der Waals surface area contributed by atoms with Crippen LogP contribution in [0.2, 0.25) is 0 Å². The lowest BCUT2D eigenvalue weighted by molar-refractivity contribution is 0.365. The number of nitrogens with zero attached hydrogens (tertiary/aromatic N) is 1. The Kier molecular flexibility index (Phi) is 1.82. The lowest BCUT2D eigenvalue weighted by Gasteiger charge is -2.22. The van der Waals surface area contributed by atoms with Crippen molar-refractivity contribution in [2.24, 2.45) is 11.0 Å². The molecule has 1 aliphatic heterocycles. The molecule has 1 aromatic rings. The van der Waals surface area contributed by atoms with Crippen molar-refractivity contribution in [3.63, 3.8) is 0 Å². The highest BCUT2D eigenvalue weighted by molar-refractivity contribution is 5.89. The molecule has 1 fully saturated rings. The molecule has 14 heavy (non-hydrogen) atoms. The Hall–Kier alpha value is -1.25. The Morgan fingerprint density at radius 2 is 2.43 bits per heavy atom. The second-order valence-corrected chi connectivity index (χ2v) is 4.08. The smallest absolute Gasteiger partial charge is 0.128 e. The van der Waals surface area contributed by atoms with Gasteiger partial charge < -0.3 is 4.42 Å². The van der Waals surface area contributed by atoms with Crippen LogP contribution in [0.5, 0.6) is 0 Å².